The van der Waals surface area contributed by atoms with Gasteiger partial charge in [0, 0.05) is 6.54 Å². The number of urea groups is 1. The molecule has 0 radical (unpaired) electrons. The van der Waals surface area contributed by atoms with Crippen LogP contribution in [0.3, 0.4) is 0 Å². The zero-order valence-corrected chi connectivity index (χ0v) is 10.5. The summed E-state index contributed by atoms with van der Waals surface area (Å²) in [6, 6.07) is -0.529. The van der Waals surface area contributed by atoms with E-state index in [2.05, 4.69) is 5.16 Å². The molecule has 1 unspecified atom stereocenters. The monoisotopic (exact) mass is 249 g/mol. The quantitative estimate of drug-likeness (QED) is 0.709. The molecule has 0 aliphatic carbocycles. The van der Waals surface area contributed by atoms with Crippen molar-refractivity contribution in [2.24, 2.45) is 0 Å². The molecule has 6 heteroatoms. The van der Waals surface area contributed by atoms with Crippen LogP contribution in [0.2, 0.25) is 0 Å². The topological polar surface area (TPSA) is 66.7 Å². The summed E-state index contributed by atoms with van der Waals surface area (Å²) in [5.74, 6) is 0.364. The lowest BCUT2D eigenvalue weighted by Gasteiger charge is -2.25. The molecule has 18 heavy (non-hydrogen) atoms. The van der Waals surface area contributed by atoms with E-state index in [0.717, 1.165) is 19.3 Å². The van der Waals surface area contributed by atoms with E-state index in [0.29, 0.717) is 23.7 Å². The molecule has 1 aromatic rings. The summed E-state index contributed by atoms with van der Waals surface area (Å²) in [5.41, 5.74) is 1.09. The fourth-order valence-electron chi connectivity index (χ4n) is 2.79. The highest BCUT2D eigenvalue weighted by molar-refractivity contribution is 6.21. The highest BCUT2D eigenvalue weighted by Gasteiger charge is 2.48. The predicted octanol–water partition coefficient (Wildman–Crippen LogP) is 1.61. The minimum Gasteiger partial charge on any atom is -0.359 e. The van der Waals surface area contributed by atoms with Gasteiger partial charge in [-0.3, -0.25) is 4.79 Å². The lowest BCUT2D eigenvalue weighted by molar-refractivity contribution is -0.120. The maximum atomic E-state index is 12.3. The number of piperidine rings is 1. The molecule has 0 spiro atoms. The molecule has 2 aliphatic heterocycles. The van der Waals surface area contributed by atoms with Crippen molar-refractivity contribution in [3.63, 3.8) is 0 Å². The van der Waals surface area contributed by atoms with Crippen LogP contribution in [0.4, 0.5) is 10.5 Å². The molecule has 2 aliphatic rings. The fraction of sp³-hybridized carbons (Fsp3) is 0.583. The smallest absolute Gasteiger partial charge is 0.332 e. The van der Waals surface area contributed by atoms with Gasteiger partial charge in [-0.05, 0) is 33.1 Å². The second kappa shape index (κ2) is 3.83. The zero-order valence-electron chi connectivity index (χ0n) is 10.5. The van der Waals surface area contributed by atoms with Crippen molar-refractivity contribution >= 4 is 17.6 Å². The Bertz CT molecular complexity index is 479. The van der Waals surface area contributed by atoms with Crippen molar-refractivity contribution in [1.29, 1.82) is 0 Å². The van der Waals surface area contributed by atoms with Gasteiger partial charge < -0.3 is 9.42 Å². The van der Waals surface area contributed by atoms with Crippen LogP contribution in [0.5, 0.6) is 0 Å². The van der Waals surface area contributed by atoms with Crippen molar-refractivity contribution in [3.8, 4) is 0 Å². The standard InChI is InChI=1S/C12H15N3O3/c1-7-10(8(2)18-13-7)15-11(16)9-5-3-4-6-14(9)12(15)17/h9H,3-6H2,1-2H3. The summed E-state index contributed by atoms with van der Waals surface area (Å²) in [4.78, 5) is 27.6. The Morgan fingerprint density at radius 3 is 2.67 bits per heavy atom. The first-order valence-electron chi connectivity index (χ1n) is 6.18. The number of amides is 3. The van der Waals surface area contributed by atoms with E-state index in [1.807, 2.05) is 0 Å². The molecule has 2 saturated heterocycles. The first-order chi connectivity index (χ1) is 8.61. The lowest BCUT2D eigenvalue weighted by atomic mass is 10.0. The third kappa shape index (κ3) is 1.38. The Morgan fingerprint density at radius 2 is 2.06 bits per heavy atom. The average molecular weight is 249 g/mol. The van der Waals surface area contributed by atoms with Crippen LogP contribution in [0.1, 0.15) is 30.7 Å². The van der Waals surface area contributed by atoms with Gasteiger partial charge in [-0.25, -0.2) is 9.69 Å². The molecule has 1 aromatic heterocycles. The number of hydrogen-bond donors (Lipinski definition) is 0. The highest BCUT2D eigenvalue weighted by Crippen LogP contribution is 2.33. The van der Waals surface area contributed by atoms with Crippen LogP contribution in [-0.4, -0.2) is 34.6 Å². The van der Waals surface area contributed by atoms with Gasteiger partial charge >= 0.3 is 6.03 Å². The molecule has 96 valence electrons. The largest absolute Gasteiger partial charge is 0.359 e. The number of carbonyl (C=O) groups excluding carboxylic acids is 2. The Hall–Kier alpha value is -1.85. The predicted molar refractivity (Wildman–Crippen MR) is 63.2 cm³/mol. The van der Waals surface area contributed by atoms with Crippen molar-refractivity contribution in [2.75, 3.05) is 11.4 Å². The molecule has 3 rings (SSSR count). The molecule has 0 N–H and O–H groups in total. The zero-order chi connectivity index (χ0) is 12.9. The van der Waals surface area contributed by atoms with E-state index in [1.165, 1.54) is 4.90 Å². The molecule has 0 saturated carbocycles. The molecule has 1 atom stereocenters. The number of fused-ring (bicyclic) bond motifs is 1. The van der Waals surface area contributed by atoms with Crippen molar-refractivity contribution in [1.82, 2.24) is 10.1 Å². The summed E-state index contributed by atoms with van der Waals surface area (Å²) in [6.45, 7) is 4.12. The van der Waals surface area contributed by atoms with Crippen LogP contribution < -0.4 is 4.90 Å². The Morgan fingerprint density at radius 1 is 1.28 bits per heavy atom. The molecule has 3 amide bonds. The summed E-state index contributed by atoms with van der Waals surface area (Å²) in [5, 5.41) is 3.81. The van der Waals surface area contributed by atoms with Crippen molar-refractivity contribution < 1.29 is 14.1 Å². The van der Waals surface area contributed by atoms with Gasteiger partial charge in [0.05, 0.1) is 0 Å². The van der Waals surface area contributed by atoms with E-state index in [9.17, 15) is 9.59 Å². The van der Waals surface area contributed by atoms with Crippen LogP contribution in [0.15, 0.2) is 4.52 Å². The van der Waals surface area contributed by atoms with Gasteiger partial charge in [0.15, 0.2) is 5.76 Å². The normalized spacial score (nSPS) is 23.8. The van der Waals surface area contributed by atoms with Gasteiger partial charge in [-0.15, -0.1) is 0 Å². The number of anilines is 1. The summed E-state index contributed by atoms with van der Waals surface area (Å²) >= 11 is 0. The molecule has 6 nitrogen and oxygen atoms in total. The van der Waals surface area contributed by atoms with Crippen molar-refractivity contribution in [3.05, 3.63) is 11.5 Å². The maximum absolute atomic E-state index is 12.3. The van der Waals surface area contributed by atoms with Crippen LogP contribution in [0.25, 0.3) is 0 Å². The fourth-order valence-corrected chi connectivity index (χ4v) is 2.79. The van der Waals surface area contributed by atoms with E-state index >= 15 is 0 Å². The first-order valence-corrected chi connectivity index (χ1v) is 6.18. The molecule has 3 heterocycles. The molecular formula is C12H15N3O3. The SMILES string of the molecule is Cc1noc(C)c1N1C(=O)C2CCCCN2C1=O. The number of aryl methyl sites for hydroxylation is 2. The average Bonchev–Trinajstić information content (AvgIpc) is 2.81. The molecular weight excluding hydrogens is 234 g/mol. The summed E-state index contributed by atoms with van der Waals surface area (Å²) in [7, 11) is 0. The number of carbonyl (C=O) groups is 2. The van der Waals surface area contributed by atoms with Gasteiger partial charge in [-0.2, -0.15) is 0 Å². The number of imide groups is 1. The minimum absolute atomic E-state index is 0.144. The van der Waals surface area contributed by atoms with E-state index in [1.54, 1.807) is 18.7 Å². The number of nitrogens with zero attached hydrogens (tertiary/aromatic N) is 3. The van der Waals surface area contributed by atoms with E-state index in [-0.39, 0.29) is 18.0 Å². The Balaban J connectivity index is 2.03. The third-order valence-corrected chi connectivity index (χ3v) is 3.66. The molecule has 0 aromatic carbocycles. The second-order valence-corrected chi connectivity index (χ2v) is 4.83. The number of aromatic nitrogens is 1. The van der Waals surface area contributed by atoms with Gasteiger partial charge in [0.25, 0.3) is 5.91 Å². The third-order valence-electron chi connectivity index (χ3n) is 3.66. The summed E-state index contributed by atoms with van der Waals surface area (Å²) in [6.07, 6.45) is 2.71. The number of rotatable bonds is 1. The van der Waals surface area contributed by atoms with Crippen molar-refractivity contribution in [2.45, 2.75) is 39.2 Å². The van der Waals surface area contributed by atoms with Crippen LogP contribution in [-0.2, 0) is 4.79 Å². The maximum Gasteiger partial charge on any atom is 0.332 e. The highest BCUT2D eigenvalue weighted by atomic mass is 16.5. The summed E-state index contributed by atoms with van der Waals surface area (Å²) < 4.78 is 5.04. The molecule has 2 fully saturated rings. The van der Waals surface area contributed by atoms with Gasteiger partial charge in [0.2, 0.25) is 0 Å². The Labute approximate surface area is 105 Å². The lowest BCUT2D eigenvalue weighted by Crippen LogP contribution is -2.39. The van der Waals surface area contributed by atoms with Gasteiger partial charge in [-0.1, -0.05) is 5.16 Å². The first kappa shape index (κ1) is 11.3. The number of hydrogen-bond acceptors (Lipinski definition) is 4. The second-order valence-electron chi connectivity index (χ2n) is 4.83. The van der Waals surface area contributed by atoms with E-state index < -0.39 is 0 Å². The van der Waals surface area contributed by atoms with Crippen LogP contribution in [0, 0.1) is 13.8 Å². The van der Waals surface area contributed by atoms with Gasteiger partial charge in [0.1, 0.15) is 17.4 Å². The van der Waals surface area contributed by atoms with Crippen LogP contribution >= 0.6 is 0 Å². The Kier molecular flexibility index (Phi) is 2.39. The minimum atomic E-state index is -0.292. The van der Waals surface area contributed by atoms with E-state index in [4.69, 9.17) is 4.52 Å². The molecule has 0 bridgehead atoms.